The Morgan fingerprint density at radius 1 is 1.19 bits per heavy atom. The maximum absolute atomic E-state index is 5.49. The van der Waals surface area contributed by atoms with Crippen LogP contribution in [0.1, 0.15) is 26.0 Å². The number of methoxy groups -OCH3 is 1. The first-order valence-electron chi connectivity index (χ1n) is 7.77. The maximum atomic E-state index is 5.49. The Labute approximate surface area is 126 Å². The van der Waals surface area contributed by atoms with Crippen molar-refractivity contribution in [3.05, 3.63) is 30.0 Å². The molecule has 2 heterocycles. The van der Waals surface area contributed by atoms with Crippen molar-refractivity contribution in [2.45, 2.75) is 27.2 Å². The second kappa shape index (κ2) is 5.55. The fraction of sp³-hybridized carbons (Fsp3) is 0.500. The number of ether oxygens (including phenoxy) is 1. The molecule has 1 aromatic carbocycles. The highest BCUT2D eigenvalue weighted by atomic mass is 16.5. The number of hydrogen-bond acceptors (Lipinski definition) is 3. The van der Waals surface area contributed by atoms with Gasteiger partial charge < -0.3 is 9.64 Å². The number of piperidine rings is 1. The first-order valence-corrected chi connectivity index (χ1v) is 7.77. The predicted octanol–water partition coefficient (Wildman–Crippen LogP) is 4.03. The highest BCUT2D eigenvalue weighted by molar-refractivity contribution is 5.95. The monoisotopic (exact) mass is 284 g/mol. The number of aromatic nitrogens is 1. The van der Waals surface area contributed by atoms with E-state index >= 15 is 0 Å². The van der Waals surface area contributed by atoms with Gasteiger partial charge in [0.25, 0.3) is 0 Å². The minimum absolute atomic E-state index is 0.739. The Morgan fingerprint density at radius 2 is 1.90 bits per heavy atom. The third-order valence-corrected chi connectivity index (χ3v) is 4.34. The molecule has 1 aliphatic rings. The summed E-state index contributed by atoms with van der Waals surface area (Å²) in [6.45, 7) is 9.01. The normalized spacial score (nSPS) is 22.6. The minimum Gasteiger partial charge on any atom is -0.494 e. The number of benzene rings is 1. The molecular formula is C18H24N2O. The van der Waals surface area contributed by atoms with Crippen molar-refractivity contribution >= 4 is 16.6 Å². The molecule has 2 unspecified atom stereocenters. The smallest absolute Gasteiger partial charge is 0.145 e. The standard InChI is InChI=1S/C18H24N2O/c1-12-8-13(2)11-20(10-12)16-9-14(3)19-18-15(16)6-5-7-17(18)21-4/h5-7,9,12-13H,8,10-11H2,1-4H3. The van der Waals surface area contributed by atoms with Crippen molar-refractivity contribution in [3.8, 4) is 5.75 Å². The third-order valence-electron chi connectivity index (χ3n) is 4.34. The van der Waals surface area contributed by atoms with Gasteiger partial charge in [-0.05, 0) is 37.3 Å². The summed E-state index contributed by atoms with van der Waals surface area (Å²) in [7, 11) is 1.71. The molecule has 0 amide bonds. The highest BCUT2D eigenvalue weighted by Gasteiger charge is 2.24. The Kier molecular flexibility index (Phi) is 3.75. The Morgan fingerprint density at radius 3 is 2.57 bits per heavy atom. The maximum Gasteiger partial charge on any atom is 0.145 e. The minimum atomic E-state index is 0.739. The zero-order valence-electron chi connectivity index (χ0n) is 13.4. The molecule has 1 aromatic heterocycles. The van der Waals surface area contributed by atoms with Crippen molar-refractivity contribution < 1.29 is 4.74 Å². The van der Waals surface area contributed by atoms with Crippen LogP contribution in [0.4, 0.5) is 5.69 Å². The van der Waals surface area contributed by atoms with Crippen molar-refractivity contribution in [1.82, 2.24) is 4.98 Å². The molecule has 112 valence electrons. The van der Waals surface area contributed by atoms with E-state index in [0.29, 0.717) is 0 Å². The van der Waals surface area contributed by atoms with Crippen LogP contribution < -0.4 is 9.64 Å². The number of fused-ring (bicyclic) bond motifs is 1. The molecule has 21 heavy (non-hydrogen) atoms. The molecule has 2 atom stereocenters. The zero-order valence-corrected chi connectivity index (χ0v) is 13.4. The van der Waals surface area contributed by atoms with E-state index in [1.807, 2.05) is 6.07 Å². The van der Waals surface area contributed by atoms with Crippen molar-refractivity contribution in [2.24, 2.45) is 11.8 Å². The topological polar surface area (TPSA) is 25.4 Å². The molecule has 2 aromatic rings. The summed E-state index contributed by atoms with van der Waals surface area (Å²) < 4.78 is 5.49. The van der Waals surface area contributed by atoms with Crippen LogP contribution in [0.2, 0.25) is 0 Å². The van der Waals surface area contributed by atoms with Crippen LogP contribution >= 0.6 is 0 Å². The molecule has 0 spiro atoms. The largest absolute Gasteiger partial charge is 0.494 e. The van der Waals surface area contributed by atoms with Crippen LogP contribution in [-0.4, -0.2) is 25.2 Å². The van der Waals surface area contributed by atoms with Gasteiger partial charge in [0.05, 0.1) is 7.11 Å². The van der Waals surface area contributed by atoms with Gasteiger partial charge in [0.1, 0.15) is 11.3 Å². The molecule has 1 aliphatic heterocycles. The molecule has 0 bridgehead atoms. The molecule has 3 heteroatoms. The lowest BCUT2D eigenvalue weighted by atomic mass is 9.91. The average Bonchev–Trinajstić information content (AvgIpc) is 2.44. The number of nitrogens with zero attached hydrogens (tertiary/aromatic N) is 2. The lowest BCUT2D eigenvalue weighted by Crippen LogP contribution is -2.38. The van der Waals surface area contributed by atoms with Gasteiger partial charge >= 0.3 is 0 Å². The first kappa shape index (κ1) is 14.2. The van der Waals surface area contributed by atoms with E-state index in [4.69, 9.17) is 4.74 Å². The van der Waals surface area contributed by atoms with Crippen molar-refractivity contribution in [1.29, 1.82) is 0 Å². The van der Waals surface area contributed by atoms with Crippen LogP contribution in [0.15, 0.2) is 24.3 Å². The van der Waals surface area contributed by atoms with E-state index in [1.54, 1.807) is 7.11 Å². The molecule has 0 N–H and O–H groups in total. The molecule has 0 aliphatic carbocycles. The molecule has 3 rings (SSSR count). The van der Waals surface area contributed by atoms with Crippen LogP contribution in [0.5, 0.6) is 5.75 Å². The van der Waals surface area contributed by atoms with E-state index in [9.17, 15) is 0 Å². The first-order chi connectivity index (χ1) is 10.1. The van der Waals surface area contributed by atoms with Gasteiger partial charge in [-0.3, -0.25) is 0 Å². The highest BCUT2D eigenvalue weighted by Crippen LogP contribution is 2.35. The van der Waals surface area contributed by atoms with Crippen LogP contribution in [-0.2, 0) is 0 Å². The SMILES string of the molecule is COc1cccc2c(N3CC(C)CC(C)C3)cc(C)nc12. The number of anilines is 1. The van der Waals surface area contributed by atoms with Crippen LogP contribution in [0.25, 0.3) is 10.9 Å². The summed E-state index contributed by atoms with van der Waals surface area (Å²) in [5.41, 5.74) is 3.32. The Balaban J connectivity index is 2.13. The second-order valence-electron chi connectivity index (χ2n) is 6.49. The summed E-state index contributed by atoms with van der Waals surface area (Å²) in [6, 6.07) is 8.41. The predicted molar refractivity (Wildman–Crippen MR) is 88.2 cm³/mol. The fourth-order valence-corrected chi connectivity index (χ4v) is 3.61. The van der Waals surface area contributed by atoms with Crippen LogP contribution in [0, 0.1) is 18.8 Å². The van der Waals surface area contributed by atoms with Gasteiger partial charge in [-0.2, -0.15) is 0 Å². The second-order valence-corrected chi connectivity index (χ2v) is 6.49. The van der Waals surface area contributed by atoms with E-state index < -0.39 is 0 Å². The summed E-state index contributed by atoms with van der Waals surface area (Å²) >= 11 is 0. The zero-order chi connectivity index (χ0) is 15.0. The van der Waals surface area contributed by atoms with Gasteiger partial charge in [0, 0.05) is 29.9 Å². The molecule has 0 radical (unpaired) electrons. The summed E-state index contributed by atoms with van der Waals surface area (Å²) in [4.78, 5) is 7.21. The summed E-state index contributed by atoms with van der Waals surface area (Å²) in [5, 5.41) is 1.20. The van der Waals surface area contributed by atoms with E-state index in [2.05, 4.69) is 48.9 Å². The quantitative estimate of drug-likeness (QED) is 0.832. The number of para-hydroxylation sites is 1. The van der Waals surface area contributed by atoms with E-state index in [-0.39, 0.29) is 0 Å². The lowest BCUT2D eigenvalue weighted by molar-refractivity contribution is 0.357. The van der Waals surface area contributed by atoms with E-state index in [0.717, 1.165) is 41.9 Å². The number of pyridine rings is 1. The number of hydrogen-bond donors (Lipinski definition) is 0. The van der Waals surface area contributed by atoms with Crippen molar-refractivity contribution in [3.63, 3.8) is 0 Å². The van der Waals surface area contributed by atoms with Gasteiger partial charge in [-0.15, -0.1) is 0 Å². The van der Waals surface area contributed by atoms with E-state index in [1.165, 1.54) is 17.5 Å². The third kappa shape index (κ3) is 2.69. The fourth-order valence-electron chi connectivity index (χ4n) is 3.61. The Hall–Kier alpha value is -1.77. The number of aryl methyl sites for hydroxylation is 1. The molecule has 3 nitrogen and oxygen atoms in total. The summed E-state index contributed by atoms with van der Waals surface area (Å²) in [6.07, 6.45) is 1.32. The van der Waals surface area contributed by atoms with Crippen molar-refractivity contribution in [2.75, 3.05) is 25.1 Å². The van der Waals surface area contributed by atoms with Crippen LogP contribution in [0.3, 0.4) is 0 Å². The average molecular weight is 284 g/mol. The van der Waals surface area contributed by atoms with Gasteiger partial charge in [-0.1, -0.05) is 26.0 Å². The molecule has 0 saturated carbocycles. The molecule has 1 fully saturated rings. The number of rotatable bonds is 2. The van der Waals surface area contributed by atoms with Gasteiger partial charge in [-0.25, -0.2) is 4.98 Å². The van der Waals surface area contributed by atoms with Gasteiger partial charge in [0.2, 0.25) is 0 Å². The Bertz CT molecular complexity index is 643. The summed E-state index contributed by atoms with van der Waals surface area (Å²) in [5.74, 6) is 2.33. The molecule has 1 saturated heterocycles. The lowest BCUT2D eigenvalue weighted by Gasteiger charge is -2.37. The van der Waals surface area contributed by atoms with Gasteiger partial charge in [0.15, 0.2) is 0 Å². The molecular weight excluding hydrogens is 260 g/mol.